The van der Waals surface area contributed by atoms with Gasteiger partial charge < -0.3 is 10.6 Å². The second-order valence-corrected chi connectivity index (χ2v) is 6.64. The van der Waals surface area contributed by atoms with Crippen LogP contribution in [0, 0.1) is 0 Å². The second kappa shape index (κ2) is 7.50. The minimum absolute atomic E-state index is 0.205. The van der Waals surface area contributed by atoms with E-state index in [1.165, 1.54) is 0 Å². The summed E-state index contributed by atoms with van der Waals surface area (Å²) in [4.78, 5) is 2.61. The molecular formula is C14H24N2O2S. The van der Waals surface area contributed by atoms with Crippen LogP contribution < -0.4 is 10.6 Å². The predicted molar refractivity (Wildman–Crippen MR) is 80.3 cm³/mol. The average molecular weight is 284 g/mol. The first-order chi connectivity index (χ1) is 9.05. The molecule has 4 nitrogen and oxygen atoms in total. The lowest BCUT2D eigenvalue weighted by Crippen LogP contribution is -2.25. The van der Waals surface area contributed by atoms with Gasteiger partial charge in [0, 0.05) is 18.8 Å². The van der Waals surface area contributed by atoms with Gasteiger partial charge in [0.25, 0.3) is 0 Å². The van der Waals surface area contributed by atoms with Crippen molar-refractivity contribution in [2.75, 3.05) is 30.3 Å². The molecule has 1 aromatic carbocycles. The number of hydrogen-bond acceptors (Lipinski definition) is 4. The number of nitrogens with zero attached hydrogens (tertiary/aromatic N) is 1. The van der Waals surface area contributed by atoms with Gasteiger partial charge in [-0.2, -0.15) is 0 Å². The highest BCUT2D eigenvalue weighted by Crippen LogP contribution is 2.19. The van der Waals surface area contributed by atoms with Gasteiger partial charge in [0.1, 0.15) is 0 Å². The number of hydrogen-bond donors (Lipinski definition) is 1. The van der Waals surface area contributed by atoms with Gasteiger partial charge in [-0.15, -0.1) is 0 Å². The molecule has 0 amide bonds. The third-order valence-electron chi connectivity index (χ3n) is 3.05. The summed E-state index contributed by atoms with van der Waals surface area (Å²) in [5, 5.41) is 0. The number of anilines is 1. The van der Waals surface area contributed by atoms with Crippen LogP contribution in [0.4, 0.5) is 5.69 Å². The van der Waals surface area contributed by atoms with E-state index in [1.807, 2.05) is 19.1 Å². The molecule has 1 aromatic rings. The summed E-state index contributed by atoms with van der Waals surface area (Å²) in [6.07, 6.45) is 1.57. The Bertz CT molecular complexity index is 469. The summed E-state index contributed by atoms with van der Waals surface area (Å²) in [6, 6.07) is 7.15. The Morgan fingerprint density at radius 2 is 1.79 bits per heavy atom. The van der Waals surface area contributed by atoms with Crippen molar-refractivity contribution >= 4 is 15.5 Å². The normalized spacial score (nSPS) is 11.5. The summed E-state index contributed by atoms with van der Waals surface area (Å²) >= 11 is 0. The van der Waals surface area contributed by atoms with Crippen molar-refractivity contribution < 1.29 is 8.42 Å². The average Bonchev–Trinajstić information content (AvgIpc) is 2.40. The van der Waals surface area contributed by atoms with Crippen molar-refractivity contribution in [3.8, 4) is 0 Å². The minimum Gasteiger partial charge on any atom is -0.372 e. The lowest BCUT2D eigenvalue weighted by molar-refractivity contribution is 0.594. The molecule has 2 N–H and O–H groups in total. The molecule has 0 saturated heterocycles. The third kappa shape index (κ3) is 4.51. The Labute approximate surface area is 116 Å². The Morgan fingerprint density at radius 1 is 1.16 bits per heavy atom. The molecule has 0 aliphatic heterocycles. The van der Waals surface area contributed by atoms with E-state index in [4.69, 9.17) is 5.73 Å². The van der Waals surface area contributed by atoms with E-state index in [9.17, 15) is 8.42 Å². The molecular weight excluding hydrogens is 260 g/mol. The van der Waals surface area contributed by atoms with E-state index in [2.05, 4.69) is 11.8 Å². The van der Waals surface area contributed by atoms with Gasteiger partial charge in [-0.3, -0.25) is 0 Å². The Balaban J connectivity index is 2.86. The summed E-state index contributed by atoms with van der Waals surface area (Å²) in [7, 11) is -3.11. The largest absolute Gasteiger partial charge is 0.372 e. The van der Waals surface area contributed by atoms with E-state index in [0.29, 0.717) is 17.9 Å². The van der Waals surface area contributed by atoms with Crippen LogP contribution >= 0.6 is 0 Å². The standard InChI is InChI=1S/C14H24N2O2S/c1-3-12-19(17,18)14-8-6-13(7-9-14)16(4-2)11-5-10-15/h6-9H,3-5,10-12,15H2,1-2H3. The highest BCUT2D eigenvalue weighted by atomic mass is 32.2. The van der Waals surface area contributed by atoms with E-state index in [1.54, 1.807) is 12.1 Å². The highest BCUT2D eigenvalue weighted by Gasteiger charge is 2.13. The lowest BCUT2D eigenvalue weighted by atomic mass is 10.2. The molecule has 108 valence electrons. The number of rotatable bonds is 8. The van der Waals surface area contributed by atoms with Crippen molar-refractivity contribution in [3.63, 3.8) is 0 Å². The fourth-order valence-corrected chi connectivity index (χ4v) is 3.33. The molecule has 0 spiro atoms. The second-order valence-electron chi connectivity index (χ2n) is 4.53. The van der Waals surface area contributed by atoms with Gasteiger partial charge in [0.15, 0.2) is 9.84 Å². The van der Waals surface area contributed by atoms with Crippen LogP contribution in [0.25, 0.3) is 0 Å². The molecule has 0 bridgehead atoms. The first-order valence-corrected chi connectivity index (χ1v) is 8.48. The van der Waals surface area contributed by atoms with Gasteiger partial charge >= 0.3 is 0 Å². The van der Waals surface area contributed by atoms with E-state index >= 15 is 0 Å². The number of benzene rings is 1. The topological polar surface area (TPSA) is 63.4 Å². The zero-order chi connectivity index (χ0) is 14.3. The summed E-state index contributed by atoms with van der Waals surface area (Å²) in [5.74, 6) is 0.205. The monoisotopic (exact) mass is 284 g/mol. The molecule has 1 rings (SSSR count). The van der Waals surface area contributed by atoms with Crippen LogP contribution in [0.3, 0.4) is 0 Å². The van der Waals surface area contributed by atoms with E-state index in [-0.39, 0.29) is 5.75 Å². The zero-order valence-electron chi connectivity index (χ0n) is 11.8. The highest BCUT2D eigenvalue weighted by molar-refractivity contribution is 7.91. The fraction of sp³-hybridized carbons (Fsp3) is 0.571. The van der Waals surface area contributed by atoms with Gasteiger partial charge in [0.2, 0.25) is 0 Å². The first-order valence-electron chi connectivity index (χ1n) is 6.83. The predicted octanol–water partition coefficient (Wildman–Crippen LogP) is 2.05. The maximum absolute atomic E-state index is 11.9. The van der Waals surface area contributed by atoms with Gasteiger partial charge in [-0.25, -0.2) is 8.42 Å². The third-order valence-corrected chi connectivity index (χ3v) is 4.98. The molecule has 0 aliphatic rings. The molecule has 5 heteroatoms. The van der Waals surface area contributed by atoms with Gasteiger partial charge in [0.05, 0.1) is 10.6 Å². The van der Waals surface area contributed by atoms with Crippen molar-refractivity contribution in [2.45, 2.75) is 31.6 Å². The Morgan fingerprint density at radius 3 is 2.26 bits per heavy atom. The Hall–Kier alpha value is -1.07. The van der Waals surface area contributed by atoms with Crippen molar-refractivity contribution in [2.24, 2.45) is 5.73 Å². The Kier molecular flexibility index (Phi) is 6.31. The maximum Gasteiger partial charge on any atom is 0.178 e. The molecule has 0 unspecified atom stereocenters. The first kappa shape index (κ1) is 16.0. The van der Waals surface area contributed by atoms with E-state index < -0.39 is 9.84 Å². The smallest absolute Gasteiger partial charge is 0.178 e. The van der Waals surface area contributed by atoms with Crippen LogP contribution in [0.5, 0.6) is 0 Å². The summed E-state index contributed by atoms with van der Waals surface area (Å²) in [6.45, 7) is 6.41. The minimum atomic E-state index is -3.11. The van der Waals surface area contributed by atoms with Crippen LogP contribution in [0.15, 0.2) is 29.2 Å². The fourth-order valence-electron chi connectivity index (χ4n) is 2.00. The van der Waals surface area contributed by atoms with Crippen LogP contribution in [0.2, 0.25) is 0 Å². The van der Waals surface area contributed by atoms with Crippen LogP contribution in [-0.2, 0) is 9.84 Å². The van der Waals surface area contributed by atoms with Gasteiger partial charge in [-0.05, 0) is 50.6 Å². The maximum atomic E-state index is 11.9. The quantitative estimate of drug-likeness (QED) is 0.793. The molecule has 0 atom stereocenters. The molecule has 0 saturated carbocycles. The molecule has 0 fully saturated rings. The van der Waals surface area contributed by atoms with Crippen LogP contribution in [-0.4, -0.2) is 33.8 Å². The van der Waals surface area contributed by atoms with Crippen LogP contribution in [0.1, 0.15) is 26.7 Å². The number of nitrogens with two attached hydrogens (primary N) is 1. The molecule has 0 aliphatic carbocycles. The van der Waals surface area contributed by atoms with Crippen molar-refractivity contribution in [1.29, 1.82) is 0 Å². The van der Waals surface area contributed by atoms with E-state index in [0.717, 1.165) is 25.2 Å². The van der Waals surface area contributed by atoms with Crippen molar-refractivity contribution in [1.82, 2.24) is 0 Å². The summed E-state index contributed by atoms with van der Waals surface area (Å²) < 4.78 is 23.8. The molecule has 0 heterocycles. The number of sulfone groups is 1. The lowest BCUT2D eigenvalue weighted by Gasteiger charge is -2.23. The molecule has 0 radical (unpaired) electrons. The molecule has 0 aromatic heterocycles. The van der Waals surface area contributed by atoms with Gasteiger partial charge in [-0.1, -0.05) is 6.92 Å². The summed E-state index contributed by atoms with van der Waals surface area (Å²) in [5.41, 5.74) is 6.57. The molecule has 19 heavy (non-hydrogen) atoms. The van der Waals surface area contributed by atoms with Crippen molar-refractivity contribution in [3.05, 3.63) is 24.3 Å². The zero-order valence-corrected chi connectivity index (χ0v) is 12.6. The SMILES string of the molecule is CCCS(=O)(=O)c1ccc(N(CC)CCCN)cc1.